The summed E-state index contributed by atoms with van der Waals surface area (Å²) >= 11 is 0. The van der Waals surface area contributed by atoms with Crippen LogP contribution in [0.3, 0.4) is 0 Å². The molecule has 0 aliphatic carbocycles. The fourth-order valence-electron chi connectivity index (χ4n) is 6.47. The first-order valence-electron chi connectivity index (χ1n) is 22.8. The van der Waals surface area contributed by atoms with E-state index in [0.717, 1.165) is 70.6 Å². The Kier molecular flexibility index (Phi) is 40.9. The van der Waals surface area contributed by atoms with Crippen LogP contribution in [-0.4, -0.2) is 37.2 Å². The molecule has 0 amide bonds. The molecule has 53 heavy (non-hydrogen) atoms. The van der Waals surface area contributed by atoms with Gasteiger partial charge in [-0.25, -0.2) is 0 Å². The highest BCUT2D eigenvalue weighted by Gasteiger charge is 2.19. The number of carbonyl (C=O) groups excluding carboxylic acids is 3. The van der Waals surface area contributed by atoms with Gasteiger partial charge in [-0.05, 0) is 51.4 Å². The van der Waals surface area contributed by atoms with E-state index < -0.39 is 6.10 Å². The molecule has 310 valence electrons. The van der Waals surface area contributed by atoms with Gasteiger partial charge in [0.25, 0.3) is 0 Å². The fourth-order valence-corrected chi connectivity index (χ4v) is 6.47. The van der Waals surface area contributed by atoms with E-state index in [0.29, 0.717) is 19.3 Å². The van der Waals surface area contributed by atoms with Crippen molar-refractivity contribution in [3.05, 3.63) is 24.3 Å². The molecule has 0 aliphatic heterocycles. The highest BCUT2D eigenvalue weighted by atomic mass is 16.6. The molecule has 0 radical (unpaired) electrons. The quantitative estimate of drug-likeness (QED) is 0.0268. The Balaban J connectivity index is 4.28. The molecule has 1 unspecified atom stereocenters. The third-order valence-corrected chi connectivity index (χ3v) is 9.96. The van der Waals surface area contributed by atoms with Crippen molar-refractivity contribution in [3.8, 4) is 0 Å². The lowest BCUT2D eigenvalue weighted by atomic mass is 10.1. The van der Waals surface area contributed by atoms with E-state index in [1.54, 1.807) is 0 Å². The molecule has 0 saturated heterocycles. The monoisotopic (exact) mass is 747 g/mol. The maximum absolute atomic E-state index is 12.6. The summed E-state index contributed by atoms with van der Waals surface area (Å²) in [5.41, 5.74) is 0. The second kappa shape index (κ2) is 42.6. The predicted octanol–water partition coefficient (Wildman–Crippen LogP) is 14.4. The zero-order valence-electron chi connectivity index (χ0n) is 35.3. The highest BCUT2D eigenvalue weighted by molar-refractivity contribution is 5.71. The van der Waals surface area contributed by atoms with Gasteiger partial charge < -0.3 is 14.2 Å². The van der Waals surface area contributed by atoms with Gasteiger partial charge in [0.05, 0.1) is 0 Å². The second-order valence-electron chi connectivity index (χ2n) is 15.3. The summed E-state index contributed by atoms with van der Waals surface area (Å²) in [6.45, 7) is 6.57. The normalized spacial score (nSPS) is 12.1. The molecule has 0 saturated carbocycles. The Labute approximate surface area is 328 Å². The Morgan fingerprint density at radius 2 is 0.679 bits per heavy atom. The molecule has 0 N–H and O–H groups in total. The molecule has 0 spiro atoms. The standard InChI is InChI=1S/C47H86O6/c1-4-7-10-13-16-19-20-21-22-23-24-25-26-29-31-34-37-40-46(49)52-43-44(53-47(50)41-38-35-32-28-18-15-12-9-6-3)42-51-45(48)39-36-33-30-27-17-14-11-8-5-2/h16,19,21-22,44H,4-15,17-18,20,23-43H2,1-3H3/b19-16-,22-21-. The van der Waals surface area contributed by atoms with Crippen molar-refractivity contribution in [1.29, 1.82) is 0 Å². The topological polar surface area (TPSA) is 78.9 Å². The van der Waals surface area contributed by atoms with Crippen molar-refractivity contribution < 1.29 is 28.6 Å². The van der Waals surface area contributed by atoms with Crippen molar-refractivity contribution in [2.45, 2.75) is 245 Å². The van der Waals surface area contributed by atoms with Gasteiger partial charge in [-0.1, -0.05) is 193 Å². The Hall–Kier alpha value is -2.11. The molecular weight excluding hydrogens is 661 g/mol. The van der Waals surface area contributed by atoms with Gasteiger partial charge in [0.15, 0.2) is 6.10 Å². The predicted molar refractivity (Wildman–Crippen MR) is 224 cm³/mol. The van der Waals surface area contributed by atoms with Crippen molar-refractivity contribution in [1.82, 2.24) is 0 Å². The summed E-state index contributed by atoms with van der Waals surface area (Å²) < 4.78 is 16.7. The van der Waals surface area contributed by atoms with Gasteiger partial charge in [0.2, 0.25) is 0 Å². The van der Waals surface area contributed by atoms with Crippen LogP contribution in [0.25, 0.3) is 0 Å². The van der Waals surface area contributed by atoms with E-state index in [2.05, 4.69) is 45.1 Å². The Bertz CT molecular complexity index is 865. The minimum Gasteiger partial charge on any atom is -0.462 e. The van der Waals surface area contributed by atoms with Crippen LogP contribution in [0.1, 0.15) is 239 Å². The van der Waals surface area contributed by atoms with Crippen LogP contribution in [0.5, 0.6) is 0 Å². The molecule has 6 heteroatoms. The van der Waals surface area contributed by atoms with Crippen LogP contribution in [0, 0.1) is 0 Å². The SMILES string of the molecule is CCCCC/C=C\C/C=C\CCCCCCCCCC(=O)OCC(COC(=O)CCCCCCCCCCC)OC(=O)CCCCCCCCCCC. The molecule has 0 aliphatic rings. The van der Waals surface area contributed by atoms with Gasteiger partial charge in [-0.3, -0.25) is 14.4 Å². The summed E-state index contributed by atoms with van der Waals surface area (Å²) in [4.78, 5) is 37.6. The second-order valence-corrected chi connectivity index (χ2v) is 15.3. The summed E-state index contributed by atoms with van der Waals surface area (Å²) in [6.07, 6.45) is 45.9. The van der Waals surface area contributed by atoms with Crippen LogP contribution < -0.4 is 0 Å². The van der Waals surface area contributed by atoms with Gasteiger partial charge in [0, 0.05) is 19.3 Å². The number of hydrogen-bond donors (Lipinski definition) is 0. The van der Waals surface area contributed by atoms with E-state index in [4.69, 9.17) is 14.2 Å². The molecule has 1 atom stereocenters. The van der Waals surface area contributed by atoms with Crippen molar-refractivity contribution in [3.63, 3.8) is 0 Å². The molecule has 0 aromatic rings. The zero-order valence-corrected chi connectivity index (χ0v) is 35.3. The maximum atomic E-state index is 12.6. The van der Waals surface area contributed by atoms with Gasteiger partial charge in [-0.15, -0.1) is 0 Å². The molecule has 0 heterocycles. The molecular formula is C47H86O6. The number of ether oxygens (including phenoxy) is 3. The van der Waals surface area contributed by atoms with Crippen LogP contribution in [0.2, 0.25) is 0 Å². The number of allylic oxidation sites excluding steroid dienone is 4. The number of esters is 3. The first-order chi connectivity index (χ1) is 26.0. The van der Waals surface area contributed by atoms with Crippen molar-refractivity contribution in [2.75, 3.05) is 13.2 Å². The van der Waals surface area contributed by atoms with E-state index in [1.165, 1.54) is 128 Å². The average Bonchev–Trinajstić information content (AvgIpc) is 3.15. The minimum atomic E-state index is -0.765. The Morgan fingerprint density at radius 3 is 1.08 bits per heavy atom. The fraction of sp³-hybridized carbons (Fsp3) is 0.851. The Morgan fingerprint density at radius 1 is 0.377 bits per heavy atom. The molecule has 0 rings (SSSR count). The summed E-state index contributed by atoms with van der Waals surface area (Å²) in [7, 11) is 0. The van der Waals surface area contributed by atoms with Crippen LogP contribution in [0.4, 0.5) is 0 Å². The summed E-state index contributed by atoms with van der Waals surface area (Å²) in [5.74, 6) is -0.879. The number of carbonyl (C=O) groups is 3. The van der Waals surface area contributed by atoms with Crippen LogP contribution >= 0.6 is 0 Å². The first kappa shape index (κ1) is 50.9. The van der Waals surface area contributed by atoms with E-state index in [9.17, 15) is 14.4 Å². The zero-order chi connectivity index (χ0) is 38.7. The van der Waals surface area contributed by atoms with E-state index in [-0.39, 0.29) is 31.1 Å². The number of rotatable bonds is 41. The molecule has 0 aromatic heterocycles. The van der Waals surface area contributed by atoms with Gasteiger partial charge >= 0.3 is 17.9 Å². The van der Waals surface area contributed by atoms with Crippen LogP contribution in [0.15, 0.2) is 24.3 Å². The van der Waals surface area contributed by atoms with Gasteiger partial charge in [-0.2, -0.15) is 0 Å². The summed E-state index contributed by atoms with van der Waals surface area (Å²) in [5, 5.41) is 0. The largest absolute Gasteiger partial charge is 0.462 e. The lowest BCUT2D eigenvalue weighted by Crippen LogP contribution is -2.30. The van der Waals surface area contributed by atoms with Crippen LogP contribution in [-0.2, 0) is 28.6 Å². The van der Waals surface area contributed by atoms with Crippen molar-refractivity contribution >= 4 is 17.9 Å². The number of hydrogen-bond acceptors (Lipinski definition) is 6. The highest BCUT2D eigenvalue weighted by Crippen LogP contribution is 2.14. The van der Waals surface area contributed by atoms with Crippen molar-refractivity contribution in [2.24, 2.45) is 0 Å². The van der Waals surface area contributed by atoms with E-state index in [1.807, 2.05) is 0 Å². The maximum Gasteiger partial charge on any atom is 0.306 e. The summed E-state index contributed by atoms with van der Waals surface area (Å²) in [6, 6.07) is 0. The molecule has 0 fully saturated rings. The number of unbranched alkanes of at least 4 members (excludes halogenated alkanes) is 26. The lowest BCUT2D eigenvalue weighted by Gasteiger charge is -2.18. The smallest absolute Gasteiger partial charge is 0.306 e. The first-order valence-corrected chi connectivity index (χ1v) is 22.8. The minimum absolute atomic E-state index is 0.0704. The third-order valence-electron chi connectivity index (χ3n) is 9.96. The van der Waals surface area contributed by atoms with Gasteiger partial charge in [0.1, 0.15) is 13.2 Å². The third kappa shape index (κ3) is 40.9. The molecule has 6 nitrogen and oxygen atoms in total. The average molecular weight is 747 g/mol. The van der Waals surface area contributed by atoms with E-state index >= 15 is 0 Å². The lowest BCUT2D eigenvalue weighted by molar-refractivity contribution is -0.167. The molecule has 0 aromatic carbocycles. The molecule has 0 bridgehead atoms.